The number of Topliss-reactive ketones (excluding diaryl/α,β-unsaturated/α-hetero) is 1. The minimum absolute atomic E-state index is 0.318. The topological polar surface area (TPSA) is 54.4 Å². The molecule has 1 rings (SSSR count). The van der Waals surface area contributed by atoms with E-state index in [1.807, 2.05) is 0 Å². The van der Waals surface area contributed by atoms with Crippen LogP contribution in [0.1, 0.15) is 49.9 Å². The van der Waals surface area contributed by atoms with E-state index in [0.29, 0.717) is 11.3 Å². The summed E-state index contributed by atoms with van der Waals surface area (Å²) in [6, 6.07) is 8.30. The van der Waals surface area contributed by atoms with Crippen molar-refractivity contribution in [3.05, 3.63) is 35.9 Å². The minimum Gasteiger partial charge on any atom is -0.478 e. The van der Waals surface area contributed by atoms with Crippen LogP contribution in [-0.2, 0) is 4.79 Å². The molecule has 0 bridgehead atoms. The van der Waals surface area contributed by atoms with Gasteiger partial charge in [0.05, 0.1) is 5.56 Å². The highest BCUT2D eigenvalue weighted by Gasteiger charge is 1.96. The first-order valence-electron chi connectivity index (χ1n) is 5.85. The molecule has 0 aromatic heterocycles. The van der Waals surface area contributed by atoms with Gasteiger partial charge < -0.3 is 9.90 Å². The summed E-state index contributed by atoms with van der Waals surface area (Å²) in [5.74, 6) is -0.561. The SMILES string of the molecule is CCCCCC(C)=O.O=C(O)c1ccccc1. The summed E-state index contributed by atoms with van der Waals surface area (Å²) < 4.78 is 0. The van der Waals surface area contributed by atoms with E-state index in [1.54, 1.807) is 37.3 Å². The fourth-order valence-corrected chi connectivity index (χ4v) is 1.20. The van der Waals surface area contributed by atoms with Crippen molar-refractivity contribution in [2.75, 3.05) is 0 Å². The molecule has 0 fully saturated rings. The molecule has 0 aliphatic rings. The molecular formula is C14H20O3. The Balaban J connectivity index is 0.000000304. The van der Waals surface area contributed by atoms with Gasteiger partial charge in [-0.2, -0.15) is 0 Å². The maximum absolute atomic E-state index is 10.3. The molecule has 0 saturated carbocycles. The summed E-state index contributed by atoms with van der Waals surface area (Å²) in [6.45, 7) is 3.79. The third-order valence-corrected chi connectivity index (χ3v) is 2.15. The van der Waals surface area contributed by atoms with Crippen LogP contribution in [0.15, 0.2) is 30.3 Å². The molecule has 1 N–H and O–H groups in total. The lowest BCUT2D eigenvalue weighted by Crippen LogP contribution is -1.93. The average Bonchev–Trinajstić information content (AvgIpc) is 2.31. The van der Waals surface area contributed by atoms with E-state index in [4.69, 9.17) is 5.11 Å². The van der Waals surface area contributed by atoms with E-state index in [2.05, 4.69) is 6.92 Å². The van der Waals surface area contributed by atoms with Crippen molar-refractivity contribution < 1.29 is 14.7 Å². The Morgan fingerprint density at radius 1 is 1.12 bits per heavy atom. The molecule has 94 valence electrons. The molecule has 1 aromatic carbocycles. The second-order valence-corrected chi connectivity index (χ2v) is 3.83. The first-order valence-corrected chi connectivity index (χ1v) is 5.85. The molecule has 17 heavy (non-hydrogen) atoms. The molecule has 3 heteroatoms. The summed E-state index contributed by atoms with van der Waals surface area (Å²) in [5.41, 5.74) is 0.331. The maximum Gasteiger partial charge on any atom is 0.335 e. The molecule has 0 unspecified atom stereocenters. The predicted octanol–water partition coefficient (Wildman–Crippen LogP) is 3.54. The number of carbonyl (C=O) groups is 2. The summed E-state index contributed by atoms with van der Waals surface area (Å²) in [4.78, 5) is 20.5. The second-order valence-electron chi connectivity index (χ2n) is 3.83. The van der Waals surface area contributed by atoms with Crippen LogP contribution in [0, 0.1) is 0 Å². The molecule has 0 aliphatic carbocycles. The van der Waals surface area contributed by atoms with E-state index >= 15 is 0 Å². The van der Waals surface area contributed by atoms with Gasteiger partial charge in [0.25, 0.3) is 0 Å². The van der Waals surface area contributed by atoms with Crippen molar-refractivity contribution in [3.8, 4) is 0 Å². The smallest absolute Gasteiger partial charge is 0.335 e. The van der Waals surface area contributed by atoms with Gasteiger partial charge in [-0.3, -0.25) is 0 Å². The van der Waals surface area contributed by atoms with Crippen LogP contribution in [0.3, 0.4) is 0 Å². The normalized spacial score (nSPS) is 9.06. The van der Waals surface area contributed by atoms with E-state index in [1.165, 1.54) is 12.8 Å². The van der Waals surface area contributed by atoms with Crippen molar-refractivity contribution in [2.24, 2.45) is 0 Å². The van der Waals surface area contributed by atoms with Crippen molar-refractivity contribution in [1.82, 2.24) is 0 Å². The number of hydrogen-bond acceptors (Lipinski definition) is 2. The van der Waals surface area contributed by atoms with E-state index < -0.39 is 5.97 Å². The highest BCUT2D eigenvalue weighted by molar-refractivity contribution is 5.87. The molecule has 0 saturated heterocycles. The van der Waals surface area contributed by atoms with Gasteiger partial charge in [0.1, 0.15) is 5.78 Å². The third-order valence-electron chi connectivity index (χ3n) is 2.15. The predicted molar refractivity (Wildman–Crippen MR) is 68.2 cm³/mol. The second kappa shape index (κ2) is 9.58. The molecule has 0 amide bonds. The zero-order valence-electron chi connectivity index (χ0n) is 10.5. The molecule has 3 nitrogen and oxygen atoms in total. The summed E-state index contributed by atoms with van der Waals surface area (Å²) >= 11 is 0. The first kappa shape index (κ1) is 15.4. The van der Waals surface area contributed by atoms with Gasteiger partial charge in [0.15, 0.2) is 0 Å². The fourth-order valence-electron chi connectivity index (χ4n) is 1.20. The average molecular weight is 236 g/mol. The zero-order chi connectivity index (χ0) is 13.1. The zero-order valence-corrected chi connectivity index (χ0v) is 10.5. The molecule has 0 radical (unpaired) electrons. The van der Waals surface area contributed by atoms with Gasteiger partial charge in [-0.05, 0) is 25.5 Å². The van der Waals surface area contributed by atoms with Gasteiger partial charge >= 0.3 is 5.97 Å². The number of carbonyl (C=O) groups excluding carboxylic acids is 1. The van der Waals surface area contributed by atoms with E-state index in [0.717, 1.165) is 12.8 Å². The Morgan fingerprint density at radius 2 is 1.71 bits per heavy atom. The fraction of sp³-hybridized carbons (Fsp3) is 0.429. The number of carboxylic acids is 1. The van der Waals surface area contributed by atoms with Crippen LogP contribution < -0.4 is 0 Å². The molecule has 1 aromatic rings. The minimum atomic E-state index is -0.879. The Labute approximate surface area is 102 Å². The number of unbranched alkanes of at least 4 members (excludes halogenated alkanes) is 2. The van der Waals surface area contributed by atoms with Gasteiger partial charge in [0, 0.05) is 6.42 Å². The number of carboxylic acid groups (broad SMARTS) is 1. The van der Waals surface area contributed by atoms with Crippen molar-refractivity contribution in [2.45, 2.75) is 39.5 Å². The number of hydrogen-bond donors (Lipinski definition) is 1. The summed E-state index contributed by atoms with van der Waals surface area (Å²) in [7, 11) is 0. The lowest BCUT2D eigenvalue weighted by Gasteiger charge is -1.90. The summed E-state index contributed by atoms with van der Waals surface area (Å²) in [6.07, 6.45) is 4.24. The molecular weight excluding hydrogens is 216 g/mol. The van der Waals surface area contributed by atoms with Gasteiger partial charge in [0.2, 0.25) is 0 Å². The Hall–Kier alpha value is -1.64. The van der Waals surface area contributed by atoms with Gasteiger partial charge in [-0.25, -0.2) is 4.79 Å². The maximum atomic E-state index is 10.3. The van der Waals surface area contributed by atoms with Crippen molar-refractivity contribution >= 4 is 11.8 Å². The Bertz CT molecular complexity index is 331. The van der Waals surface area contributed by atoms with Crippen LogP contribution >= 0.6 is 0 Å². The van der Waals surface area contributed by atoms with Crippen LogP contribution in [0.25, 0.3) is 0 Å². The highest BCUT2D eigenvalue weighted by atomic mass is 16.4. The number of benzene rings is 1. The van der Waals surface area contributed by atoms with Gasteiger partial charge in [-0.1, -0.05) is 38.0 Å². The Kier molecular flexibility index (Phi) is 8.65. The first-order chi connectivity index (χ1) is 8.07. The van der Waals surface area contributed by atoms with E-state index in [9.17, 15) is 9.59 Å². The van der Waals surface area contributed by atoms with Crippen molar-refractivity contribution in [1.29, 1.82) is 0 Å². The lowest BCUT2D eigenvalue weighted by atomic mass is 10.2. The molecule has 0 atom stereocenters. The third kappa shape index (κ3) is 9.30. The monoisotopic (exact) mass is 236 g/mol. The van der Waals surface area contributed by atoms with Crippen LogP contribution in [0.5, 0.6) is 0 Å². The van der Waals surface area contributed by atoms with Gasteiger partial charge in [-0.15, -0.1) is 0 Å². The quantitative estimate of drug-likeness (QED) is 0.795. The molecule has 0 spiro atoms. The molecule has 0 aliphatic heterocycles. The van der Waals surface area contributed by atoms with Crippen LogP contribution in [0.4, 0.5) is 0 Å². The Morgan fingerprint density at radius 3 is 2.06 bits per heavy atom. The van der Waals surface area contributed by atoms with Crippen molar-refractivity contribution in [3.63, 3.8) is 0 Å². The molecule has 0 heterocycles. The standard InChI is InChI=1S/C7H6O2.C7H14O/c8-7(9)6-4-2-1-3-5-6;1-3-4-5-6-7(2)8/h1-5H,(H,8,9);3-6H2,1-2H3. The van der Waals surface area contributed by atoms with Crippen LogP contribution in [-0.4, -0.2) is 16.9 Å². The number of rotatable bonds is 5. The number of ketones is 1. The van der Waals surface area contributed by atoms with E-state index in [-0.39, 0.29) is 0 Å². The number of aromatic carboxylic acids is 1. The summed E-state index contributed by atoms with van der Waals surface area (Å²) in [5, 5.41) is 8.38. The largest absolute Gasteiger partial charge is 0.478 e. The highest BCUT2D eigenvalue weighted by Crippen LogP contribution is 1.98. The van der Waals surface area contributed by atoms with Crippen LogP contribution in [0.2, 0.25) is 0 Å². The lowest BCUT2D eigenvalue weighted by molar-refractivity contribution is -0.117.